The molecule has 0 saturated carbocycles. The lowest BCUT2D eigenvalue weighted by atomic mass is 10.2. The Kier molecular flexibility index (Phi) is 4.27. The van der Waals surface area contributed by atoms with Crippen LogP contribution in [0.4, 0.5) is 5.69 Å². The van der Waals surface area contributed by atoms with Crippen molar-refractivity contribution in [2.45, 2.75) is 4.90 Å². The van der Waals surface area contributed by atoms with E-state index in [4.69, 9.17) is 0 Å². The third-order valence-electron chi connectivity index (χ3n) is 3.44. The molecule has 1 heterocycles. The molecule has 0 fully saturated rings. The van der Waals surface area contributed by atoms with E-state index in [-0.39, 0.29) is 9.80 Å². The molecule has 0 spiro atoms. The van der Waals surface area contributed by atoms with Crippen molar-refractivity contribution < 1.29 is 8.42 Å². The van der Waals surface area contributed by atoms with E-state index in [1.165, 1.54) is 18.3 Å². The van der Waals surface area contributed by atoms with E-state index in [0.29, 0.717) is 11.2 Å². The number of nitrogens with one attached hydrogen (secondary N) is 1. The summed E-state index contributed by atoms with van der Waals surface area (Å²) < 4.78 is 25.0. The maximum Gasteiger partial charge on any atom is 0.218 e. The fourth-order valence-corrected chi connectivity index (χ4v) is 3.36. The highest BCUT2D eigenvalue weighted by atomic mass is 32.2. The molecular weight excluding hydrogens is 322 g/mol. The SMILES string of the molecule is N#CC(=CNc1cccc2cccnc12)S(=O)(=O)c1ccccc1. The van der Waals surface area contributed by atoms with Crippen LogP contribution in [0.1, 0.15) is 0 Å². The minimum Gasteiger partial charge on any atom is -0.358 e. The van der Waals surface area contributed by atoms with Gasteiger partial charge in [0, 0.05) is 17.8 Å². The molecule has 0 radical (unpaired) electrons. The van der Waals surface area contributed by atoms with Crippen molar-refractivity contribution in [2.75, 3.05) is 5.32 Å². The largest absolute Gasteiger partial charge is 0.358 e. The van der Waals surface area contributed by atoms with Crippen molar-refractivity contribution in [1.82, 2.24) is 4.98 Å². The van der Waals surface area contributed by atoms with Crippen LogP contribution in [0, 0.1) is 11.3 Å². The minimum atomic E-state index is -3.86. The predicted molar refractivity (Wildman–Crippen MR) is 92.7 cm³/mol. The Morgan fingerprint density at radius 1 is 1.04 bits per heavy atom. The van der Waals surface area contributed by atoms with Gasteiger partial charge >= 0.3 is 0 Å². The zero-order valence-electron chi connectivity index (χ0n) is 12.5. The standard InChI is InChI=1S/C18H13N3O2S/c19-12-16(24(22,23)15-8-2-1-3-9-15)13-21-17-10-4-6-14-7-5-11-20-18(14)17/h1-11,13,21H. The predicted octanol–water partition coefficient (Wildman–Crippen LogP) is 3.49. The molecule has 0 atom stereocenters. The van der Waals surface area contributed by atoms with Crippen LogP contribution in [0.5, 0.6) is 0 Å². The van der Waals surface area contributed by atoms with Gasteiger partial charge in [0.05, 0.1) is 16.1 Å². The third-order valence-corrected chi connectivity index (χ3v) is 5.13. The van der Waals surface area contributed by atoms with Gasteiger partial charge in [0.25, 0.3) is 0 Å². The van der Waals surface area contributed by atoms with E-state index in [0.717, 1.165) is 5.39 Å². The average Bonchev–Trinajstić information content (AvgIpc) is 2.63. The number of nitriles is 1. The first-order valence-electron chi connectivity index (χ1n) is 7.13. The van der Waals surface area contributed by atoms with E-state index in [9.17, 15) is 13.7 Å². The summed E-state index contributed by atoms with van der Waals surface area (Å²) in [5.74, 6) is 0. The van der Waals surface area contributed by atoms with E-state index in [2.05, 4.69) is 10.3 Å². The summed E-state index contributed by atoms with van der Waals surface area (Å²) in [4.78, 5) is 4.00. The van der Waals surface area contributed by atoms with Crippen LogP contribution in [0.25, 0.3) is 10.9 Å². The molecule has 0 aliphatic carbocycles. The summed E-state index contributed by atoms with van der Waals surface area (Å²) in [6.07, 6.45) is 2.86. The van der Waals surface area contributed by atoms with Gasteiger partial charge in [0.2, 0.25) is 9.84 Å². The second kappa shape index (κ2) is 6.52. The number of benzene rings is 2. The van der Waals surface area contributed by atoms with E-state index >= 15 is 0 Å². The summed E-state index contributed by atoms with van der Waals surface area (Å²) in [6.45, 7) is 0. The highest BCUT2D eigenvalue weighted by Gasteiger charge is 2.20. The van der Waals surface area contributed by atoms with Crippen molar-refractivity contribution in [3.8, 4) is 6.07 Å². The Labute approximate surface area is 139 Å². The van der Waals surface area contributed by atoms with Crippen LogP contribution in [0.15, 0.2) is 82.9 Å². The number of aromatic nitrogens is 1. The van der Waals surface area contributed by atoms with Gasteiger partial charge in [0.1, 0.15) is 6.07 Å². The molecule has 0 saturated heterocycles. The quantitative estimate of drug-likeness (QED) is 0.738. The molecule has 3 aromatic rings. The number of hydrogen-bond acceptors (Lipinski definition) is 5. The normalized spacial score (nSPS) is 11.9. The second-order valence-corrected chi connectivity index (χ2v) is 6.88. The molecule has 0 unspecified atom stereocenters. The zero-order valence-corrected chi connectivity index (χ0v) is 13.4. The van der Waals surface area contributed by atoms with Crippen molar-refractivity contribution in [2.24, 2.45) is 0 Å². The molecule has 118 valence electrons. The molecule has 6 heteroatoms. The molecular formula is C18H13N3O2S. The fraction of sp³-hybridized carbons (Fsp3) is 0. The highest BCUT2D eigenvalue weighted by molar-refractivity contribution is 7.95. The summed E-state index contributed by atoms with van der Waals surface area (Å²) in [5.41, 5.74) is 1.33. The molecule has 0 aliphatic heterocycles. The number of nitrogens with zero attached hydrogens (tertiary/aromatic N) is 2. The number of rotatable bonds is 4. The van der Waals surface area contributed by atoms with Gasteiger partial charge in [-0.1, -0.05) is 36.4 Å². The smallest absolute Gasteiger partial charge is 0.218 e. The molecule has 2 aromatic carbocycles. The summed E-state index contributed by atoms with van der Waals surface area (Å²) in [7, 11) is -3.86. The van der Waals surface area contributed by atoms with Crippen LogP contribution >= 0.6 is 0 Å². The molecule has 1 aromatic heterocycles. The molecule has 0 amide bonds. The number of fused-ring (bicyclic) bond motifs is 1. The van der Waals surface area contributed by atoms with Crippen LogP contribution in [0.3, 0.4) is 0 Å². The Morgan fingerprint density at radius 2 is 1.79 bits per heavy atom. The first-order chi connectivity index (χ1) is 11.6. The van der Waals surface area contributed by atoms with Crippen LogP contribution in [0.2, 0.25) is 0 Å². The summed E-state index contributed by atoms with van der Waals surface area (Å²) >= 11 is 0. The van der Waals surface area contributed by atoms with Crippen LogP contribution in [-0.2, 0) is 9.84 Å². The van der Waals surface area contributed by atoms with E-state index < -0.39 is 9.84 Å². The second-order valence-electron chi connectivity index (χ2n) is 4.96. The van der Waals surface area contributed by atoms with Gasteiger partial charge in [-0.2, -0.15) is 5.26 Å². The maximum absolute atomic E-state index is 12.5. The number of sulfone groups is 1. The van der Waals surface area contributed by atoms with Gasteiger partial charge in [-0.15, -0.1) is 0 Å². The number of pyridine rings is 1. The van der Waals surface area contributed by atoms with Crippen molar-refractivity contribution in [3.63, 3.8) is 0 Å². The van der Waals surface area contributed by atoms with Gasteiger partial charge < -0.3 is 5.32 Å². The van der Waals surface area contributed by atoms with Crippen LogP contribution < -0.4 is 5.32 Å². The topological polar surface area (TPSA) is 82.8 Å². The first kappa shape index (κ1) is 15.7. The number of allylic oxidation sites excluding steroid dienone is 1. The van der Waals surface area contributed by atoms with Crippen molar-refractivity contribution in [1.29, 1.82) is 5.26 Å². The van der Waals surface area contributed by atoms with Gasteiger partial charge in [0.15, 0.2) is 4.91 Å². The first-order valence-corrected chi connectivity index (χ1v) is 8.62. The molecule has 3 rings (SSSR count). The summed E-state index contributed by atoms with van der Waals surface area (Å²) in [5, 5.41) is 13.1. The Bertz CT molecular complexity index is 1050. The zero-order chi connectivity index (χ0) is 17.0. The van der Waals surface area contributed by atoms with Crippen molar-refractivity contribution in [3.05, 3.63) is 78.0 Å². The van der Waals surface area contributed by atoms with E-state index in [1.54, 1.807) is 36.5 Å². The maximum atomic E-state index is 12.5. The van der Waals surface area contributed by atoms with Crippen LogP contribution in [-0.4, -0.2) is 13.4 Å². The van der Waals surface area contributed by atoms with E-state index in [1.807, 2.05) is 24.3 Å². The molecule has 0 bridgehead atoms. The lowest BCUT2D eigenvalue weighted by Gasteiger charge is -2.07. The lowest BCUT2D eigenvalue weighted by Crippen LogP contribution is -2.05. The lowest BCUT2D eigenvalue weighted by molar-refractivity contribution is 0.603. The Balaban J connectivity index is 1.99. The monoisotopic (exact) mass is 335 g/mol. The molecule has 0 aliphatic rings. The number of hydrogen-bond donors (Lipinski definition) is 1. The fourth-order valence-electron chi connectivity index (χ4n) is 2.26. The van der Waals surface area contributed by atoms with Gasteiger partial charge in [-0.05, 0) is 24.3 Å². The molecule has 1 N–H and O–H groups in total. The van der Waals surface area contributed by atoms with Crippen molar-refractivity contribution >= 4 is 26.4 Å². The number of para-hydroxylation sites is 1. The Morgan fingerprint density at radius 3 is 2.54 bits per heavy atom. The number of anilines is 1. The third kappa shape index (κ3) is 2.98. The molecule has 5 nitrogen and oxygen atoms in total. The molecule has 24 heavy (non-hydrogen) atoms. The average molecular weight is 335 g/mol. The minimum absolute atomic E-state index is 0.0793. The Hall–Kier alpha value is -3.17. The highest BCUT2D eigenvalue weighted by Crippen LogP contribution is 2.22. The van der Waals surface area contributed by atoms with Gasteiger partial charge in [-0.3, -0.25) is 4.98 Å². The summed E-state index contributed by atoms with van der Waals surface area (Å²) in [6, 6.07) is 18.9. The van der Waals surface area contributed by atoms with Gasteiger partial charge in [-0.25, -0.2) is 8.42 Å².